The van der Waals surface area contributed by atoms with Crippen LogP contribution in [0, 0.1) is 12.8 Å². The third kappa shape index (κ3) is 3.85. The molecule has 0 saturated heterocycles. The van der Waals surface area contributed by atoms with Crippen molar-refractivity contribution in [3.8, 4) is 0 Å². The highest BCUT2D eigenvalue weighted by atomic mass is 79.9. The van der Waals surface area contributed by atoms with Crippen LogP contribution in [0.4, 0.5) is 0 Å². The Bertz CT molecular complexity index is 466. The second kappa shape index (κ2) is 7.26. The highest BCUT2D eigenvalue weighted by Crippen LogP contribution is 2.28. The van der Waals surface area contributed by atoms with Gasteiger partial charge in [0.05, 0.1) is 0 Å². The van der Waals surface area contributed by atoms with E-state index in [1.54, 1.807) is 0 Å². The maximum absolute atomic E-state index is 12.4. The van der Waals surface area contributed by atoms with Crippen LogP contribution in [-0.2, 0) is 0 Å². The van der Waals surface area contributed by atoms with E-state index < -0.39 is 0 Å². The quantitative estimate of drug-likeness (QED) is 0.836. The van der Waals surface area contributed by atoms with Crippen molar-refractivity contribution < 1.29 is 4.79 Å². The fraction of sp³-hybridized carbons (Fsp3) is 0.588. The van der Waals surface area contributed by atoms with Crippen LogP contribution in [0.3, 0.4) is 0 Å². The lowest BCUT2D eigenvalue weighted by Crippen LogP contribution is -2.40. The maximum Gasteiger partial charge on any atom is 0.251 e. The molecule has 110 valence electrons. The molecule has 0 radical (unpaired) electrons. The molecule has 1 saturated carbocycles. The van der Waals surface area contributed by atoms with Crippen LogP contribution < -0.4 is 5.32 Å². The number of halogens is 1. The van der Waals surface area contributed by atoms with E-state index in [1.165, 1.54) is 32.1 Å². The van der Waals surface area contributed by atoms with Gasteiger partial charge in [-0.05, 0) is 55.9 Å². The predicted octanol–water partition coefficient (Wildman–Crippen LogP) is 4.85. The third-order valence-corrected chi connectivity index (χ3v) is 5.29. The van der Waals surface area contributed by atoms with Crippen molar-refractivity contribution in [2.75, 3.05) is 0 Å². The molecule has 1 atom stereocenters. The van der Waals surface area contributed by atoms with Crippen molar-refractivity contribution in [2.24, 2.45) is 5.92 Å². The highest BCUT2D eigenvalue weighted by Gasteiger charge is 2.24. The summed E-state index contributed by atoms with van der Waals surface area (Å²) >= 11 is 3.47. The maximum atomic E-state index is 12.4. The second-order valence-electron chi connectivity index (χ2n) is 5.85. The number of carbonyl (C=O) groups is 1. The lowest BCUT2D eigenvalue weighted by molar-refractivity contribution is 0.0911. The fourth-order valence-corrected chi connectivity index (χ4v) is 3.37. The van der Waals surface area contributed by atoms with Crippen LogP contribution >= 0.6 is 15.9 Å². The molecule has 0 heterocycles. The average Bonchev–Trinajstić information content (AvgIpc) is 2.48. The van der Waals surface area contributed by atoms with E-state index in [9.17, 15) is 4.79 Å². The van der Waals surface area contributed by atoms with Gasteiger partial charge >= 0.3 is 0 Å². The summed E-state index contributed by atoms with van der Waals surface area (Å²) in [6.45, 7) is 4.19. The summed E-state index contributed by atoms with van der Waals surface area (Å²) in [5, 5.41) is 3.25. The van der Waals surface area contributed by atoms with Crippen molar-refractivity contribution in [3.05, 3.63) is 33.8 Å². The molecule has 0 bridgehead atoms. The zero-order valence-electron chi connectivity index (χ0n) is 12.4. The van der Waals surface area contributed by atoms with E-state index in [0.717, 1.165) is 22.0 Å². The van der Waals surface area contributed by atoms with Gasteiger partial charge in [-0.15, -0.1) is 0 Å². The highest BCUT2D eigenvalue weighted by molar-refractivity contribution is 9.10. The van der Waals surface area contributed by atoms with Gasteiger partial charge in [-0.1, -0.05) is 42.1 Å². The van der Waals surface area contributed by atoms with Crippen LogP contribution in [0.25, 0.3) is 0 Å². The molecule has 1 aromatic rings. The number of hydrogen-bond acceptors (Lipinski definition) is 1. The molecule has 0 spiro atoms. The SMILES string of the molecule is CCC(NC(=O)c1ccc(Br)c(C)c1)C1CCCCC1. The van der Waals surface area contributed by atoms with Gasteiger partial charge in [0.25, 0.3) is 5.91 Å². The molecule has 2 rings (SSSR count). The molecule has 1 aliphatic carbocycles. The van der Waals surface area contributed by atoms with Gasteiger partial charge < -0.3 is 5.32 Å². The van der Waals surface area contributed by atoms with Crippen molar-refractivity contribution in [1.82, 2.24) is 5.32 Å². The van der Waals surface area contributed by atoms with Gasteiger partial charge in [-0.2, -0.15) is 0 Å². The number of hydrogen-bond donors (Lipinski definition) is 1. The number of nitrogens with one attached hydrogen (secondary N) is 1. The standard InChI is InChI=1S/C17H24BrNO/c1-3-16(13-7-5-4-6-8-13)19-17(20)14-9-10-15(18)12(2)11-14/h9-11,13,16H,3-8H2,1-2H3,(H,19,20). The molecular formula is C17H24BrNO. The summed E-state index contributed by atoms with van der Waals surface area (Å²) in [7, 11) is 0. The Kier molecular flexibility index (Phi) is 5.64. The molecule has 1 N–H and O–H groups in total. The molecule has 1 unspecified atom stereocenters. The Balaban J connectivity index is 2.02. The first kappa shape index (κ1) is 15.6. The van der Waals surface area contributed by atoms with Gasteiger partial charge in [0, 0.05) is 16.1 Å². The topological polar surface area (TPSA) is 29.1 Å². The number of benzene rings is 1. The van der Waals surface area contributed by atoms with E-state index >= 15 is 0 Å². The van der Waals surface area contributed by atoms with Crippen molar-refractivity contribution in [1.29, 1.82) is 0 Å². The minimum atomic E-state index is 0.0676. The Morgan fingerprint density at radius 2 is 2.05 bits per heavy atom. The predicted molar refractivity (Wildman–Crippen MR) is 87.0 cm³/mol. The summed E-state index contributed by atoms with van der Waals surface area (Å²) in [6, 6.07) is 6.12. The number of rotatable bonds is 4. The van der Waals surface area contributed by atoms with Gasteiger partial charge in [0.15, 0.2) is 0 Å². The minimum Gasteiger partial charge on any atom is -0.349 e. The van der Waals surface area contributed by atoms with Gasteiger partial charge in [-0.25, -0.2) is 0 Å². The van der Waals surface area contributed by atoms with Crippen LogP contribution in [-0.4, -0.2) is 11.9 Å². The molecule has 0 aliphatic heterocycles. The van der Waals surface area contributed by atoms with Crippen molar-refractivity contribution >= 4 is 21.8 Å². The fourth-order valence-electron chi connectivity index (χ4n) is 3.13. The normalized spacial score (nSPS) is 17.8. The van der Waals surface area contributed by atoms with Crippen LogP contribution in [0.5, 0.6) is 0 Å². The van der Waals surface area contributed by atoms with Crippen LogP contribution in [0.1, 0.15) is 61.4 Å². The zero-order valence-corrected chi connectivity index (χ0v) is 14.0. The largest absolute Gasteiger partial charge is 0.349 e. The number of aryl methyl sites for hydroxylation is 1. The lowest BCUT2D eigenvalue weighted by Gasteiger charge is -2.30. The first-order valence-corrected chi connectivity index (χ1v) is 8.48. The Morgan fingerprint density at radius 1 is 1.35 bits per heavy atom. The van der Waals surface area contributed by atoms with E-state index in [0.29, 0.717) is 12.0 Å². The van der Waals surface area contributed by atoms with Gasteiger partial charge in [-0.3, -0.25) is 4.79 Å². The van der Waals surface area contributed by atoms with Gasteiger partial charge in [0.2, 0.25) is 0 Å². The summed E-state index contributed by atoms with van der Waals surface area (Å²) < 4.78 is 1.05. The van der Waals surface area contributed by atoms with E-state index in [4.69, 9.17) is 0 Å². The molecule has 3 heteroatoms. The summed E-state index contributed by atoms with van der Waals surface area (Å²) in [5.74, 6) is 0.729. The van der Waals surface area contributed by atoms with E-state index in [-0.39, 0.29) is 5.91 Å². The van der Waals surface area contributed by atoms with Crippen LogP contribution in [0.15, 0.2) is 22.7 Å². The van der Waals surface area contributed by atoms with Crippen molar-refractivity contribution in [2.45, 2.75) is 58.4 Å². The molecule has 1 fully saturated rings. The molecular weight excluding hydrogens is 314 g/mol. The molecule has 1 amide bonds. The minimum absolute atomic E-state index is 0.0676. The summed E-state index contributed by atoms with van der Waals surface area (Å²) in [5.41, 5.74) is 1.86. The smallest absolute Gasteiger partial charge is 0.251 e. The van der Waals surface area contributed by atoms with Crippen molar-refractivity contribution in [3.63, 3.8) is 0 Å². The second-order valence-corrected chi connectivity index (χ2v) is 6.70. The lowest BCUT2D eigenvalue weighted by atomic mass is 9.83. The number of amides is 1. The zero-order chi connectivity index (χ0) is 14.5. The third-order valence-electron chi connectivity index (χ3n) is 4.40. The summed E-state index contributed by atoms with van der Waals surface area (Å²) in [4.78, 5) is 12.4. The van der Waals surface area contributed by atoms with Crippen LogP contribution in [0.2, 0.25) is 0 Å². The molecule has 20 heavy (non-hydrogen) atoms. The Labute approximate surface area is 130 Å². The number of carbonyl (C=O) groups excluding carboxylic acids is 1. The van der Waals surface area contributed by atoms with E-state index in [1.807, 2.05) is 25.1 Å². The molecule has 0 aromatic heterocycles. The molecule has 1 aliphatic rings. The Hall–Kier alpha value is -0.830. The summed E-state index contributed by atoms with van der Waals surface area (Å²) in [6.07, 6.45) is 7.53. The first-order chi connectivity index (χ1) is 9.61. The Morgan fingerprint density at radius 3 is 2.65 bits per heavy atom. The molecule has 2 nitrogen and oxygen atoms in total. The first-order valence-electron chi connectivity index (χ1n) is 7.69. The molecule has 1 aromatic carbocycles. The monoisotopic (exact) mass is 337 g/mol. The average molecular weight is 338 g/mol. The van der Waals surface area contributed by atoms with Gasteiger partial charge in [0.1, 0.15) is 0 Å². The van der Waals surface area contributed by atoms with E-state index in [2.05, 4.69) is 28.2 Å².